The van der Waals surface area contributed by atoms with E-state index < -0.39 is 0 Å². The Morgan fingerprint density at radius 1 is 1.19 bits per heavy atom. The molecule has 1 heterocycles. The van der Waals surface area contributed by atoms with Gasteiger partial charge in [-0.05, 0) is 44.5 Å². The maximum atomic E-state index is 11.0. The summed E-state index contributed by atoms with van der Waals surface area (Å²) in [5, 5.41) is 0. The highest BCUT2D eigenvalue weighted by atomic mass is 32.1. The van der Waals surface area contributed by atoms with E-state index in [1.54, 1.807) is 0 Å². The fraction of sp³-hybridized carbons (Fsp3) is 0.667. The topological polar surface area (TPSA) is 36.2 Å². The Bertz CT molecular complexity index is 564. The number of nitrogens with zero attached hydrogens (tertiary/aromatic N) is 2. The van der Waals surface area contributed by atoms with Gasteiger partial charge in [-0.1, -0.05) is 25.6 Å². The van der Waals surface area contributed by atoms with E-state index in [0.29, 0.717) is 13.0 Å². The number of unbranched alkanes of at least 4 members (excludes halogenated alkanes) is 3. The minimum absolute atomic E-state index is 0.116. The molecular weight excluding hydrogens is 304 g/mol. The third kappa shape index (κ3) is 6.09. The van der Waals surface area contributed by atoms with Gasteiger partial charge >= 0.3 is 5.97 Å². The van der Waals surface area contributed by atoms with Crippen LogP contribution < -0.4 is 0 Å². The summed E-state index contributed by atoms with van der Waals surface area (Å²) in [6.45, 7) is 6.10. The fourth-order valence-corrected chi connectivity index (χ4v) is 2.76. The third-order valence-corrected chi connectivity index (χ3v) is 4.11. The number of aryl methyl sites for hydroxylation is 1. The van der Waals surface area contributed by atoms with Crippen molar-refractivity contribution in [3.05, 3.63) is 21.7 Å². The van der Waals surface area contributed by atoms with E-state index in [1.807, 2.05) is 30.7 Å². The molecule has 0 atom stereocenters. The van der Waals surface area contributed by atoms with Gasteiger partial charge in [0.1, 0.15) is 4.64 Å². The highest BCUT2D eigenvalue weighted by molar-refractivity contribution is 7.72. The summed E-state index contributed by atoms with van der Waals surface area (Å²) in [4.78, 5) is 11.0. The van der Waals surface area contributed by atoms with Gasteiger partial charge in [-0.3, -0.25) is 4.79 Å². The molecule has 0 aliphatic heterocycles. The monoisotopic (exact) mass is 328 g/mol. The first kappa shape index (κ1) is 18.0. The Hall–Kier alpha value is -1.01. The molecule has 0 radical (unpaired) electrons. The van der Waals surface area contributed by atoms with Crippen LogP contribution in [0.25, 0.3) is 0 Å². The summed E-state index contributed by atoms with van der Waals surface area (Å²) >= 11 is 10.7. The lowest BCUT2D eigenvalue weighted by atomic mass is 10.2. The molecule has 118 valence electrons. The average Bonchev–Trinajstić information content (AvgIpc) is 2.48. The molecule has 1 aromatic rings. The van der Waals surface area contributed by atoms with Crippen molar-refractivity contribution in [1.82, 2.24) is 9.13 Å². The zero-order chi connectivity index (χ0) is 15.7. The van der Waals surface area contributed by atoms with Crippen molar-refractivity contribution in [3.8, 4) is 0 Å². The second kappa shape index (κ2) is 9.84. The summed E-state index contributed by atoms with van der Waals surface area (Å²) in [6.07, 6.45) is 6.59. The van der Waals surface area contributed by atoms with Crippen LogP contribution >= 0.6 is 24.4 Å². The van der Waals surface area contributed by atoms with Crippen LogP contribution in [-0.2, 0) is 22.6 Å². The maximum absolute atomic E-state index is 11.0. The third-order valence-electron chi connectivity index (χ3n) is 3.30. The van der Waals surface area contributed by atoms with Crippen molar-refractivity contribution in [2.45, 2.75) is 59.0 Å². The molecule has 1 rings (SSSR count). The quantitative estimate of drug-likeness (QED) is 0.385. The lowest BCUT2D eigenvalue weighted by Crippen LogP contribution is -2.10. The standard InChI is InChI=1S/C15H24N2O2S2/c1-3-14(18)19-12-8-6-5-7-10-16-11-9-13(20)17(4-2)15(16)21/h9,11H,3-8,10,12H2,1-2H3. The van der Waals surface area contributed by atoms with E-state index in [9.17, 15) is 4.79 Å². The highest BCUT2D eigenvalue weighted by Gasteiger charge is 2.00. The molecule has 0 aromatic carbocycles. The fourth-order valence-electron chi connectivity index (χ4n) is 2.04. The smallest absolute Gasteiger partial charge is 0.305 e. The molecule has 0 saturated heterocycles. The molecule has 0 fully saturated rings. The van der Waals surface area contributed by atoms with Gasteiger partial charge < -0.3 is 13.9 Å². The summed E-state index contributed by atoms with van der Waals surface area (Å²) in [5.74, 6) is -0.116. The summed E-state index contributed by atoms with van der Waals surface area (Å²) in [6, 6.07) is 1.93. The molecule has 0 aliphatic rings. The number of esters is 1. The first-order chi connectivity index (χ1) is 10.1. The Labute approximate surface area is 136 Å². The van der Waals surface area contributed by atoms with E-state index in [2.05, 4.69) is 4.57 Å². The summed E-state index contributed by atoms with van der Waals surface area (Å²) in [5.41, 5.74) is 0. The van der Waals surface area contributed by atoms with Crippen LogP contribution in [0.15, 0.2) is 12.3 Å². The van der Waals surface area contributed by atoms with Gasteiger partial charge in [0, 0.05) is 25.7 Å². The Balaban J connectivity index is 2.29. The molecule has 21 heavy (non-hydrogen) atoms. The van der Waals surface area contributed by atoms with Crippen molar-refractivity contribution in [3.63, 3.8) is 0 Å². The van der Waals surface area contributed by atoms with Crippen LogP contribution in [0.4, 0.5) is 0 Å². The number of ether oxygens (including phenoxy) is 1. The van der Waals surface area contributed by atoms with Crippen LogP contribution in [0, 0.1) is 9.41 Å². The first-order valence-corrected chi connectivity index (χ1v) is 8.37. The summed E-state index contributed by atoms with van der Waals surface area (Å²) < 4.78 is 10.7. The zero-order valence-corrected chi connectivity index (χ0v) is 14.5. The van der Waals surface area contributed by atoms with Gasteiger partial charge in [-0.15, -0.1) is 0 Å². The lowest BCUT2D eigenvalue weighted by Gasteiger charge is -2.11. The van der Waals surface area contributed by atoms with E-state index in [-0.39, 0.29) is 5.97 Å². The normalized spacial score (nSPS) is 10.6. The van der Waals surface area contributed by atoms with Crippen molar-refractivity contribution in [1.29, 1.82) is 0 Å². The number of rotatable bonds is 9. The summed E-state index contributed by atoms with van der Waals surface area (Å²) in [7, 11) is 0. The van der Waals surface area contributed by atoms with Crippen molar-refractivity contribution >= 4 is 30.4 Å². The molecule has 0 N–H and O–H groups in total. The number of carbonyl (C=O) groups excluding carboxylic acids is 1. The first-order valence-electron chi connectivity index (χ1n) is 7.56. The number of hydrogen-bond acceptors (Lipinski definition) is 4. The van der Waals surface area contributed by atoms with Gasteiger partial charge in [-0.2, -0.15) is 0 Å². The molecule has 6 heteroatoms. The SMILES string of the molecule is CCC(=O)OCCCCCCn1ccc(=S)n(CC)c1=S. The lowest BCUT2D eigenvalue weighted by molar-refractivity contribution is -0.143. The van der Waals surface area contributed by atoms with Gasteiger partial charge in [0.25, 0.3) is 0 Å². The van der Waals surface area contributed by atoms with Crippen molar-refractivity contribution in [2.75, 3.05) is 6.61 Å². The Morgan fingerprint density at radius 3 is 2.57 bits per heavy atom. The predicted octanol–water partition coefficient (Wildman–Crippen LogP) is 4.28. The highest BCUT2D eigenvalue weighted by Crippen LogP contribution is 2.05. The molecule has 4 nitrogen and oxygen atoms in total. The van der Waals surface area contributed by atoms with Crippen LogP contribution in [0.3, 0.4) is 0 Å². The Morgan fingerprint density at radius 2 is 1.90 bits per heavy atom. The van der Waals surface area contributed by atoms with Gasteiger partial charge in [0.05, 0.1) is 6.61 Å². The van der Waals surface area contributed by atoms with E-state index in [1.165, 1.54) is 0 Å². The minimum Gasteiger partial charge on any atom is -0.466 e. The molecule has 1 aromatic heterocycles. The second-order valence-electron chi connectivity index (χ2n) is 4.86. The number of aromatic nitrogens is 2. The predicted molar refractivity (Wildman–Crippen MR) is 89.5 cm³/mol. The zero-order valence-electron chi connectivity index (χ0n) is 12.8. The molecule has 0 spiro atoms. The largest absolute Gasteiger partial charge is 0.466 e. The minimum atomic E-state index is -0.116. The van der Waals surface area contributed by atoms with E-state index in [0.717, 1.165) is 48.2 Å². The molecule has 0 unspecified atom stereocenters. The van der Waals surface area contributed by atoms with Crippen molar-refractivity contribution in [2.24, 2.45) is 0 Å². The van der Waals surface area contributed by atoms with Gasteiger partial charge in [0.2, 0.25) is 0 Å². The second-order valence-corrected chi connectivity index (χ2v) is 5.65. The molecule has 0 saturated carbocycles. The number of hydrogen-bond donors (Lipinski definition) is 0. The van der Waals surface area contributed by atoms with Crippen LogP contribution in [-0.4, -0.2) is 21.7 Å². The van der Waals surface area contributed by atoms with E-state index >= 15 is 0 Å². The van der Waals surface area contributed by atoms with Crippen molar-refractivity contribution < 1.29 is 9.53 Å². The number of carbonyl (C=O) groups is 1. The Kier molecular flexibility index (Phi) is 8.45. The molecule has 0 aliphatic carbocycles. The average molecular weight is 329 g/mol. The molecule has 0 bridgehead atoms. The van der Waals surface area contributed by atoms with Gasteiger partial charge in [0.15, 0.2) is 4.77 Å². The van der Waals surface area contributed by atoms with Gasteiger partial charge in [-0.25, -0.2) is 0 Å². The molecule has 0 amide bonds. The maximum Gasteiger partial charge on any atom is 0.305 e. The van der Waals surface area contributed by atoms with E-state index in [4.69, 9.17) is 29.2 Å². The van der Waals surface area contributed by atoms with Crippen LogP contribution in [0.2, 0.25) is 0 Å². The van der Waals surface area contributed by atoms with Crippen LogP contribution in [0.1, 0.15) is 46.0 Å². The molecular formula is C15H24N2O2S2. The van der Waals surface area contributed by atoms with Crippen LogP contribution in [0.5, 0.6) is 0 Å².